The van der Waals surface area contributed by atoms with Gasteiger partial charge in [-0.3, -0.25) is 5.32 Å². The van der Waals surface area contributed by atoms with E-state index < -0.39 is 5.92 Å². The van der Waals surface area contributed by atoms with Crippen LogP contribution in [-0.4, -0.2) is 11.6 Å². The van der Waals surface area contributed by atoms with Crippen molar-refractivity contribution in [1.82, 2.24) is 5.32 Å². The van der Waals surface area contributed by atoms with Crippen molar-refractivity contribution in [3.63, 3.8) is 0 Å². The molecule has 1 aromatic carbocycles. The van der Waals surface area contributed by atoms with Crippen LogP contribution < -0.4 is 5.32 Å². The lowest BCUT2D eigenvalue weighted by Gasteiger charge is -2.16. The second kappa shape index (κ2) is 6.90. The second-order valence-corrected chi connectivity index (χ2v) is 4.24. The quantitative estimate of drug-likeness (QED) is 0.789. The Kier molecular flexibility index (Phi) is 5.42. The highest BCUT2D eigenvalue weighted by molar-refractivity contribution is 7.99. The van der Waals surface area contributed by atoms with Crippen LogP contribution in [0.1, 0.15) is 5.56 Å². The minimum atomic E-state index is -0.612. The molecule has 0 spiro atoms. The van der Waals surface area contributed by atoms with Crippen LogP contribution in [0.2, 0.25) is 0 Å². The fourth-order valence-electron chi connectivity index (χ4n) is 1.32. The number of benzene rings is 1. The van der Waals surface area contributed by atoms with Crippen LogP contribution in [0.4, 0.5) is 0 Å². The molecule has 0 fully saturated rings. The lowest BCUT2D eigenvalue weighted by atomic mass is 10.2. The minimum absolute atomic E-state index is 0.143. The highest BCUT2D eigenvalue weighted by Gasteiger charge is 2.18. The summed E-state index contributed by atoms with van der Waals surface area (Å²) in [5.41, 5.74) is 1.15. The first-order valence-corrected chi connectivity index (χ1v) is 6.20. The zero-order valence-electron chi connectivity index (χ0n) is 9.05. The third-order valence-electron chi connectivity index (χ3n) is 2.19. The van der Waals surface area contributed by atoms with Gasteiger partial charge in [0.15, 0.2) is 5.92 Å². The molecule has 16 heavy (non-hydrogen) atoms. The standard InChI is InChI=1S/C12H13N3S/c1-16-12(11(7-13)8-14)15-9-10-5-3-2-4-6-10/h2-6,11-12,15H,9H2,1H3. The SMILES string of the molecule is CSC(NCc1ccccc1)C(C#N)C#N. The van der Waals surface area contributed by atoms with Gasteiger partial charge in [-0.2, -0.15) is 10.5 Å². The summed E-state index contributed by atoms with van der Waals surface area (Å²) in [6.07, 6.45) is 1.89. The highest BCUT2D eigenvalue weighted by Crippen LogP contribution is 2.14. The molecule has 82 valence electrons. The van der Waals surface area contributed by atoms with Gasteiger partial charge in [0.1, 0.15) is 0 Å². The molecule has 1 aromatic rings. The molecule has 0 amide bonds. The molecule has 0 saturated heterocycles. The van der Waals surface area contributed by atoms with Crippen LogP contribution in [0.15, 0.2) is 30.3 Å². The van der Waals surface area contributed by atoms with Crippen molar-refractivity contribution in [2.45, 2.75) is 11.9 Å². The van der Waals surface area contributed by atoms with Crippen molar-refractivity contribution < 1.29 is 0 Å². The molecule has 1 unspecified atom stereocenters. The molecule has 0 aromatic heterocycles. The molecule has 3 nitrogen and oxygen atoms in total. The van der Waals surface area contributed by atoms with Crippen molar-refractivity contribution in [2.75, 3.05) is 6.26 Å². The van der Waals surface area contributed by atoms with Gasteiger partial charge < -0.3 is 0 Å². The fraction of sp³-hybridized carbons (Fsp3) is 0.333. The van der Waals surface area contributed by atoms with Crippen molar-refractivity contribution >= 4 is 11.8 Å². The summed E-state index contributed by atoms with van der Waals surface area (Å²) in [6.45, 7) is 0.673. The summed E-state index contributed by atoms with van der Waals surface area (Å²) in [5.74, 6) is -0.612. The normalized spacial score (nSPS) is 11.8. The van der Waals surface area contributed by atoms with Crippen molar-refractivity contribution in [1.29, 1.82) is 10.5 Å². The first-order chi connectivity index (χ1) is 7.81. The maximum atomic E-state index is 8.80. The predicted molar refractivity (Wildman–Crippen MR) is 65.3 cm³/mol. The number of thioether (sulfide) groups is 1. The van der Waals surface area contributed by atoms with Gasteiger partial charge in [-0.25, -0.2) is 0 Å². The van der Waals surface area contributed by atoms with Gasteiger partial charge in [0.05, 0.1) is 17.5 Å². The van der Waals surface area contributed by atoms with Crippen LogP contribution in [0, 0.1) is 28.6 Å². The lowest BCUT2D eigenvalue weighted by Crippen LogP contribution is -2.31. The maximum absolute atomic E-state index is 8.80. The monoisotopic (exact) mass is 231 g/mol. The topological polar surface area (TPSA) is 59.6 Å². The zero-order valence-corrected chi connectivity index (χ0v) is 9.87. The Labute approximate surface area is 100 Å². The molecule has 0 heterocycles. The predicted octanol–water partition coefficient (Wildman–Crippen LogP) is 2.13. The largest absolute Gasteiger partial charge is 0.299 e. The molecule has 1 rings (SSSR count). The van der Waals surface area contributed by atoms with E-state index >= 15 is 0 Å². The van der Waals surface area contributed by atoms with Crippen LogP contribution in [0.5, 0.6) is 0 Å². The van der Waals surface area contributed by atoms with E-state index in [1.165, 1.54) is 11.8 Å². The van der Waals surface area contributed by atoms with E-state index in [2.05, 4.69) is 5.32 Å². The third kappa shape index (κ3) is 3.58. The number of rotatable bonds is 5. The van der Waals surface area contributed by atoms with Crippen LogP contribution in [-0.2, 0) is 6.54 Å². The van der Waals surface area contributed by atoms with Crippen molar-refractivity contribution in [3.05, 3.63) is 35.9 Å². The summed E-state index contributed by atoms with van der Waals surface area (Å²) in [6, 6.07) is 13.9. The Hall–Kier alpha value is -1.49. The van der Waals surface area contributed by atoms with E-state index in [1.54, 1.807) is 0 Å². The van der Waals surface area contributed by atoms with Gasteiger partial charge in [0, 0.05) is 6.54 Å². The molecule has 1 N–H and O–H groups in total. The fourth-order valence-corrected chi connectivity index (χ4v) is 1.96. The number of nitrogens with one attached hydrogen (secondary N) is 1. The van der Waals surface area contributed by atoms with Crippen molar-refractivity contribution in [3.8, 4) is 12.1 Å². The van der Waals surface area contributed by atoms with E-state index in [0.29, 0.717) is 6.54 Å². The van der Waals surface area contributed by atoms with Gasteiger partial charge in [0.2, 0.25) is 0 Å². The van der Waals surface area contributed by atoms with Gasteiger partial charge in [-0.05, 0) is 11.8 Å². The molecular weight excluding hydrogens is 218 g/mol. The van der Waals surface area contributed by atoms with Gasteiger partial charge >= 0.3 is 0 Å². The smallest absolute Gasteiger partial charge is 0.157 e. The van der Waals surface area contributed by atoms with Gasteiger partial charge in [-0.15, -0.1) is 11.8 Å². The third-order valence-corrected chi connectivity index (χ3v) is 3.13. The summed E-state index contributed by atoms with van der Waals surface area (Å²) in [4.78, 5) is 0. The minimum Gasteiger partial charge on any atom is -0.299 e. The van der Waals surface area contributed by atoms with Gasteiger partial charge in [-0.1, -0.05) is 30.3 Å². The van der Waals surface area contributed by atoms with Crippen LogP contribution in [0.25, 0.3) is 0 Å². The molecule has 0 aliphatic heterocycles. The number of nitriles is 2. The summed E-state index contributed by atoms with van der Waals surface area (Å²) in [7, 11) is 0. The molecule has 0 bridgehead atoms. The van der Waals surface area contributed by atoms with Crippen molar-refractivity contribution in [2.24, 2.45) is 5.92 Å². The van der Waals surface area contributed by atoms with E-state index in [1.807, 2.05) is 48.7 Å². The molecule has 0 radical (unpaired) electrons. The van der Waals surface area contributed by atoms with Crippen LogP contribution >= 0.6 is 11.8 Å². The Bertz CT molecular complexity index is 377. The molecule has 4 heteroatoms. The average molecular weight is 231 g/mol. The molecule has 0 aliphatic carbocycles. The maximum Gasteiger partial charge on any atom is 0.157 e. The van der Waals surface area contributed by atoms with E-state index in [4.69, 9.17) is 10.5 Å². The number of nitrogens with zero attached hydrogens (tertiary/aromatic N) is 2. The zero-order chi connectivity index (χ0) is 11.8. The molecule has 0 aliphatic rings. The first kappa shape index (κ1) is 12.6. The molecule has 1 atom stereocenters. The summed E-state index contributed by atoms with van der Waals surface area (Å²) in [5, 5.41) is 20.7. The van der Waals surface area contributed by atoms with E-state index in [0.717, 1.165) is 5.56 Å². The van der Waals surface area contributed by atoms with Gasteiger partial charge in [0.25, 0.3) is 0 Å². The molecule has 0 saturated carbocycles. The number of hydrogen-bond acceptors (Lipinski definition) is 4. The Morgan fingerprint density at radius 1 is 1.25 bits per heavy atom. The Balaban J connectivity index is 2.53. The average Bonchev–Trinajstić information content (AvgIpc) is 2.35. The Morgan fingerprint density at radius 3 is 2.38 bits per heavy atom. The highest BCUT2D eigenvalue weighted by atomic mass is 32.2. The summed E-state index contributed by atoms with van der Waals surface area (Å²) < 4.78 is 0. The first-order valence-electron chi connectivity index (χ1n) is 4.91. The van der Waals surface area contributed by atoms with E-state index in [-0.39, 0.29) is 5.37 Å². The second-order valence-electron chi connectivity index (χ2n) is 3.26. The lowest BCUT2D eigenvalue weighted by molar-refractivity contribution is 0.600. The van der Waals surface area contributed by atoms with E-state index in [9.17, 15) is 0 Å². The molecular formula is C12H13N3S. The Morgan fingerprint density at radius 2 is 1.88 bits per heavy atom. The summed E-state index contributed by atoms with van der Waals surface area (Å²) >= 11 is 1.49. The van der Waals surface area contributed by atoms with Crippen LogP contribution in [0.3, 0.4) is 0 Å². The number of hydrogen-bond donors (Lipinski definition) is 1.